The number of hydrogen-bond donors (Lipinski definition) is 3. The molecule has 0 bridgehead atoms. The Hall–Kier alpha value is -2.70. The van der Waals surface area contributed by atoms with E-state index in [1.54, 1.807) is 18.2 Å². The third-order valence-corrected chi connectivity index (χ3v) is 3.97. The quantitative estimate of drug-likeness (QED) is 0.735. The van der Waals surface area contributed by atoms with Crippen molar-refractivity contribution in [1.82, 2.24) is 15.5 Å². The van der Waals surface area contributed by atoms with Crippen LogP contribution in [0, 0.1) is 13.8 Å². The summed E-state index contributed by atoms with van der Waals surface area (Å²) in [6, 6.07) is 5.14. The first kappa shape index (κ1) is 16.2. The standard InChI is InChI=1S/C17H22N4O3/c1-11-14(12(2)21-20-11)4-3-7-18-17(22)19-13-5-6-15-16(10-13)24-9-8-23-15/h5-6,10H,3-4,7-9H2,1-2H3,(H,20,21)(H2,18,19,22). The van der Waals surface area contributed by atoms with Gasteiger partial charge >= 0.3 is 6.03 Å². The van der Waals surface area contributed by atoms with Crippen molar-refractivity contribution >= 4 is 11.7 Å². The van der Waals surface area contributed by atoms with Crippen molar-refractivity contribution in [3.05, 3.63) is 35.2 Å². The predicted molar refractivity (Wildman–Crippen MR) is 90.8 cm³/mol. The molecule has 1 aromatic carbocycles. The first-order chi connectivity index (χ1) is 11.6. The number of fused-ring (bicyclic) bond motifs is 1. The molecule has 7 nitrogen and oxygen atoms in total. The summed E-state index contributed by atoms with van der Waals surface area (Å²) in [6.45, 7) is 5.67. The summed E-state index contributed by atoms with van der Waals surface area (Å²) in [5.41, 5.74) is 4.02. The molecule has 1 aliphatic heterocycles. The second-order valence-electron chi connectivity index (χ2n) is 5.76. The second-order valence-corrected chi connectivity index (χ2v) is 5.76. The van der Waals surface area contributed by atoms with Crippen molar-refractivity contribution in [3.63, 3.8) is 0 Å². The molecular weight excluding hydrogens is 308 g/mol. The molecule has 0 unspecified atom stereocenters. The maximum Gasteiger partial charge on any atom is 0.319 e. The molecule has 2 heterocycles. The SMILES string of the molecule is Cc1n[nH]c(C)c1CCCNC(=O)Nc1ccc2c(c1)OCCO2. The van der Waals surface area contributed by atoms with Gasteiger partial charge in [0.05, 0.1) is 5.69 Å². The van der Waals surface area contributed by atoms with E-state index in [9.17, 15) is 4.79 Å². The van der Waals surface area contributed by atoms with Gasteiger partial charge in [0.1, 0.15) is 13.2 Å². The lowest BCUT2D eigenvalue weighted by Gasteiger charge is -2.19. The molecule has 2 aromatic rings. The van der Waals surface area contributed by atoms with Crippen LogP contribution in [-0.4, -0.2) is 36.0 Å². The summed E-state index contributed by atoms with van der Waals surface area (Å²) < 4.78 is 11.0. The minimum absolute atomic E-state index is 0.229. The number of carbonyl (C=O) groups excluding carboxylic acids is 1. The number of carbonyl (C=O) groups is 1. The largest absolute Gasteiger partial charge is 0.486 e. The fourth-order valence-corrected chi connectivity index (χ4v) is 2.71. The highest BCUT2D eigenvalue weighted by molar-refractivity contribution is 5.89. The highest BCUT2D eigenvalue weighted by Gasteiger charge is 2.12. The van der Waals surface area contributed by atoms with Gasteiger partial charge in [0, 0.05) is 24.0 Å². The van der Waals surface area contributed by atoms with E-state index in [-0.39, 0.29) is 6.03 Å². The van der Waals surface area contributed by atoms with E-state index in [1.165, 1.54) is 5.56 Å². The van der Waals surface area contributed by atoms with Gasteiger partial charge in [-0.25, -0.2) is 4.79 Å². The zero-order chi connectivity index (χ0) is 16.9. The number of amides is 2. The molecule has 128 valence electrons. The summed E-state index contributed by atoms with van der Waals surface area (Å²) in [7, 11) is 0. The Balaban J connectivity index is 1.44. The average molecular weight is 330 g/mol. The van der Waals surface area contributed by atoms with Gasteiger partial charge in [-0.2, -0.15) is 5.10 Å². The highest BCUT2D eigenvalue weighted by Crippen LogP contribution is 2.32. The van der Waals surface area contributed by atoms with Crippen molar-refractivity contribution in [2.24, 2.45) is 0 Å². The van der Waals surface area contributed by atoms with Crippen LogP contribution < -0.4 is 20.1 Å². The van der Waals surface area contributed by atoms with Gasteiger partial charge in [-0.15, -0.1) is 0 Å². The molecule has 0 saturated heterocycles. The molecule has 0 fully saturated rings. The van der Waals surface area contributed by atoms with Crippen LogP contribution >= 0.6 is 0 Å². The Morgan fingerprint density at radius 1 is 1.25 bits per heavy atom. The van der Waals surface area contributed by atoms with E-state index in [2.05, 4.69) is 20.8 Å². The van der Waals surface area contributed by atoms with E-state index in [1.807, 2.05) is 13.8 Å². The molecule has 1 aromatic heterocycles. The van der Waals surface area contributed by atoms with Gasteiger partial charge in [0.15, 0.2) is 11.5 Å². The van der Waals surface area contributed by atoms with Crippen molar-refractivity contribution in [2.75, 3.05) is 25.1 Å². The Morgan fingerprint density at radius 2 is 2.04 bits per heavy atom. The fraction of sp³-hybridized carbons (Fsp3) is 0.412. The van der Waals surface area contributed by atoms with Crippen LogP contribution in [0.25, 0.3) is 0 Å². The number of aromatic nitrogens is 2. The van der Waals surface area contributed by atoms with Crippen LogP contribution in [0.1, 0.15) is 23.4 Å². The lowest BCUT2D eigenvalue weighted by molar-refractivity contribution is 0.171. The van der Waals surface area contributed by atoms with Crippen molar-refractivity contribution in [3.8, 4) is 11.5 Å². The molecular formula is C17H22N4O3. The Labute approximate surface area is 140 Å². The number of rotatable bonds is 5. The Kier molecular flexibility index (Phi) is 4.88. The summed E-state index contributed by atoms with van der Waals surface area (Å²) in [5.74, 6) is 1.36. The molecule has 7 heteroatoms. The Bertz CT molecular complexity index is 707. The van der Waals surface area contributed by atoms with Gasteiger partial charge in [-0.1, -0.05) is 0 Å². The monoisotopic (exact) mass is 330 g/mol. The molecule has 3 N–H and O–H groups in total. The molecule has 0 saturated carbocycles. The molecule has 3 rings (SSSR count). The number of H-pyrrole nitrogens is 1. The minimum atomic E-state index is -0.229. The molecule has 1 aliphatic rings. The number of anilines is 1. The van der Waals surface area contributed by atoms with Crippen LogP contribution in [0.3, 0.4) is 0 Å². The minimum Gasteiger partial charge on any atom is -0.486 e. The molecule has 0 spiro atoms. The number of urea groups is 1. The van der Waals surface area contributed by atoms with Crippen molar-refractivity contribution in [2.45, 2.75) is 26.7 Å². The van der Waals surface area contributed by atoms with Crippen LogP contribution in [0.5, 0.6) is 11.5 Å². The molecule has 24 heavy (non-hydrogen) atoms. The lowest BCUT2D eigenvalue weighted by Crippen LogP contribution is -2.29. The van der Waals surface area contributed by atoms with Gasteiger partial charge < -0.3 is 20.1 Å². The maximum absolute atomic E-state index is 12.0. The third kappa shape index (κ3) is 3.79. The molecule has 2 amide bonds. The zero-order valence-electron chi connectivity index (χ0n) is 13.9. The van der Waals surface area contributed by atoms with E-state index in [0.29, 0.717) is 36.9 Å². The molecule has 0 atom stereocenters. The zero-order valence-corrected chi connectivity index (χ0v) is 13.9. The van der Waals surface area contributed by atoms with Crippen LogP contribution in [0.15, 0.2) is 18.2 Å². The predicted octanol–water partition coefficient (Wildman–Crippen LogP) is 2.55. The lowest BCUT2D eigenvalue weighted by atomic mass is 10.1. The first-order valence-corrected chi connectivity index (χ1v) is 8.08. The fourth-order valence-electron chi connectivity index (χ4n) is 2.71. The number of nitrogens with zero attached hydrogens (tertiary/aromatic N) is 1. The summed E-state index contributed by atoms with van der Waals surface area (Å²) in [6.07, 6.45) is 1.74. The Morgan fingerprint density at radius 3 is 2.79 bits per heavy atom. The third-order valence-electron chi connectivity index (χ3n) is 3.97. The number of aryl methyl sites for hydroxylation is 2. The van der Waals surface area contributed by atoms with Gasteiger partial charge in [-0.05, 0) is 44.4 Å². The maximum atomic E-state index is 12.0. The van der Waals surface area contributed by atoms with Crippen molar-refractivity contribution in [1.29, 1.82) is 0 Å². The topological polar surface area (TPSA) is 88.3 Å². The number of aromatic amines is 1. The van der Waals surface area contributed by atoms with Crippen LogP contribution in [0.2, 0.25) is 0 Å². The highest BCUT2D eigenvalue weighted by atomic mass is 16.6. The van der Waals surface area contributed by atoms with E-state index >= 15 is 0 Å². The van der Waals surface area contributed by atoms with Gasteiger partial charge in [0.2, 0.25) is 0 Å². The van der Waals surface area contributed by atoms with E-state index < -0.39 is 0 Å². The number of nitrogens with one attached hydrogen (secondary N) is 3. The van der Waals surface area contributed by atoms with Crippen LogP contribution in [-0.2, 0) is 6.42 Å². The summed E-state index contributed by atoms with van der Waals surface area (Å²) in [5, 5.41) is 12.8. The molecule has 0 aliphatic carbocycles. The number of hydrogen-bond acceptors (Lipinski definition) is 4. The van der Waals surface area contributed by atoms with E-state index in [0.717, 1.165) is 24.2 Å². The summed E-state index contributed by atoms with van der Waals surface area (Å²) in [4.78, 5) is 12.0. The van der Waals surface area contributed by atoms with Gasteiger partial charge in [-0.3, -0.25) is 5.10 Å². The van der Waals surface area contributed by atoms with Crippen LogP contribution in [0.4, 0.5) is 10.5 Å². The van der Waals surface area contributed by atoms with Gasteiger partial charge in [0.25, 0.3) is 0 Å². The normalized spacial score (nSPS) is 12.8. The number of ether oxygens (including phenoxy) is 2. The number of benzene rings is 1. The average Bonchev–Trinajstić information content (AvgIpc) is 2.90. The van der Waals surface area contributed by atoms with Crippen molar-refractivity contribution < 1.29 is 14.3 Å². The first-order valence-electron chi connectivity index (χ1n) is 8.08. The van der Waals surface area contributed by atoms with E-state index in [4.69, 9.17) is 9.47 Å². The smallest absolute Gasteiger partial charge is 0.319 e. The molecule has 0 radical (unpaired) electrons. The second kappa shape index (κ2) is 7.25. The summed E-state index contributed by atoms with van der Waals surface area (Å²) >= 11 is 0.